The summed E-state index contributed by atoms with van der Waals surface area (Å²) in [4.78, 5) is 27.4. The highest BCUT2D eigenvalue weighted by Crippen LogP contribution is 2.33. The van der Waals surface area contributed by atoms with Crippen LogP contribution in [0.25, 0.3) is 0 Å². The highest BCUT2D eigenvalue weighted by atomic mass is 32.2. The Labute approximate surface area is 189 Å². The van der Waals surface area contributed by atoms with Gasteiger partial charge >= 0.3 is 5.97 Å². The fraction of sp³-hybridized carbons (Fsp3) is 0.182. The average Bonchev–Trinajstić information content (AvgIpc) is 3.27. The van der Waals surface area contributed by atoms with Crippen LogP contribution in [0.5, 0.6) is 5.75 Å². The molecule has 4 rings (SSSR count). The number of aromatic hydroxyl groups is 1. The van der Waals surface area contributed by atoms with E-state index in [0.717, 1.165) is 4.31 Å². The number of benzene rings is 2. The number of phenols is 1. The molecule has 0 saturated carbocycles. The van der Waals surface area contributed by atoms with Crippen molar-refractivity contribution in [2.24, 2.45) is 0 Å². The van der Waals surface area contributed by atoms with Crippen LogP contribution in [0.1, 0.15) is 15.9 Å². The van der Waals surface area contributed by atoms with Crippen molar-refractivity contribution in [1.29, 1.82) is 0 Å². The standard InChI is InChI=1S/C22H20N2O6S2/c1-30-22(27)20-13-23(21(26)16-10-11-31-14-16)19-5-3-2-4-15(19)12-24(20)32(28,29)18-8-6-17(25)7-9-18/h2-11,14,20,25H,12-13H2,1H3. The largest absolute Gasteiger partial charge is 0.508 e. The minimum atomic E-state index is -4.17. The van der Waals surface area contributed by atoms with Gasteiger partial charge in [0.05, 0.1) is 24.1 Å². The van der Waals surface area contributed by atoms with Gasteiger partial charge in [-0.15, -0.1) is 0 Å². The molecule has 0 aliphatic carbocycles. The van der Waals surface area contributed by atoms with Crippen LogP contribution in [0.4, 0.5) is 5.69 Å². The number of phenolic OH excluding ortho intramolecular Hbond substituents is 1. The van der Waals surface area contributed by atoms with E-state index in [-0.39, 0.29) is 29.6 Å². The number of nitrogens with zero attached hydrogens (tertiary/aromatic N) is 2. The summed E-state index contributed by atoms with van der Waals surface area (Å²) in [5.74, 6) is -1.19. The first-order valence-corrected chi connectivity index (χ1v) is 12.0. The SMILES string of the molecule is COC(=O)C1CN(C(=O)c2ccsc2)c2ccccc2CN1S(=O)(=O)c1ccc(O)cc1. The molecule has 0 fully saturated rings. The van der Waals surface area contributed by atoms with Gasteiger partial charge in [-0.3, -0.25) is 9.59 Å². The van der Waals surface area contributed by atoms with E-state index in [1.54, 1.807) is 41.1 Å². The van der Waals surface area contributed by atoms with E-state index >= 15 is 0 Å². The molecule has 32 heavy (non-hydrogen) atoms. The van der Waals surface area contributed by atoms with Crippen molar-refractivity contribution < 1.29 is 27.9 Å². The molecule has 1 N–H and O–H groups in total. The number of hydrogen-bond acceptors (Lipinski definition) is 7. The second-order valence-electron chi connectivity index (χ2n) is 7.14. The Balaban J connectivity index is 1.84. The predicted octanol–water partition coefficient (Wildman–Crippen LogP) is 2.85. The van der Waals surface area contributed by atoms with Gasteiger partial charge in [0, 0.05) is 17.6 Å². The molecule has 1 aromatic heterocycles. The van der Waals surface area contributed by atoms with Gasteiger partial charge < -0.3 is 14.7 Å². The van der Waals surface area contributed by atoms with Crippen molar-refractivity contribution >= 4 is 38.9 Å². The summed E-state index contributed by atoms with van der Waals surface area (Å²) in [5, 5.41) is 13.0. The molecule has 1 unspecified atom stereocenters. The zero-order valence-electron chi connectivity index (χ0n) is 17.0. The van der Waals surface area contributed by atoms with Crippen LogP contribution in [0.15, 0.2) is 70.3 Å². The molecule has 1 aliphatic rings. The third kappa shape index (κ3) is 3.99. The molecular weight excluding hydrogens is 452 g/mol. The molecule has 0 radical (unpaired) electrons. The van der Waals surface area contributed by atoms with Gasteiger partial charge in [-0.25, -0.2) is 8.42 Å². The molecule has 1 atom stereocenters. The van der Waals surface area contributed by atoms with Crippen LogP contribution in [0.3, 0.4) is 0 Å². The average molecular weight is 473 g/mol. The quantitative estimate of drug-likeness (QED) is 0.586. The molecule has 0 bridgehead atoms. The smallest absolute Gasteiger partial charge is 0.326 e. The lowest BCUT2D eigenvalue weighted by Crippen LogP contribution is -2.50. The number of methoxy groups -OCH3 is 1. The molecule has 0 saturated heterocycles. The predicted molar refractivity (Wildman–Crippen MR) is 119 cm³/mol. The summed E-state index contributed by atoms with van der Waals surface area (Å²) < 4.78 is 33.0. The Morgan fingerprint density at radius 2 is 1.81 bits per heavy atom. The van der Waals surface area contributed by atoms with E-state index in [0.29, 0.717) is 16.8 Å². The van der Waals surface area contributed by atoms with E-state index in [1.807, 2.05) is 0 Å². The fourth-order valence-electron chi connectivity index (χ4n) is 3.62. The lowest BCUT2D eigenvalue weighted by molar-refractivity contribution is -0.144. The number of amides is 1. The summed E-state index contributed by atoms with van der Waals surface area (Å²) >= 11 is 1.37. The van der Waals surface area contributed by atoms with E-state index in [4.69, 9.17) is 4.74 Å². The maximum atomic E-state index is 13.5. The zero-order chi connectivity index (χ0) is 22.9. The van der Waals surface area contributed by atoms with Crippen molar-refractivity contribution in [3.8, 4) is 5.75 Å². The van der Waals surface area contributed by atoms with E-state index in [2.05, 4.69) is 0 Å². The van der Waals surface area contributed by atoms with Crippen LogP contribution >= 0.6 is 11.3 Å². The van der Waals surface area contributed by atoms with Gasteiger partial charge in [0.1, 0.15) is 11.8 Å². The first-order valence-electron chi connectivity index (χ1n) is 9.63. The van der Waals surface area contributed by atoms with E-state index in [9.17, 15) is 23.1 Å². The highest BCUT2D eigenvalue weighted by molar-refractivity contribution is 7.89. The van der Waals surface area contributed by atoms with Crippen LogP contribution in [-0.4, -0.2) is 49.4 Å². The number of thiophene rings is 1. The Morgan fingerprint density at radius 3 is 2.47 bits per heavy atom. The van der Waals surface area contributed by atoms with Gasteiger partial charge in [0.15, 0.2) is 0 Å². The number of para-hydroxylation sites is 1. The number of sulfonamides is 1. The molecule has 3 aromatic rings. The summed E-state index contributed by atoms with van der Waals surface area (Å²) in [6, 6.07) is 12.4. The molecule has 10 heteroatoms. The van der Waals surface area contributed by atoms with Crippen LogP contribution in [0, 0.1) is 0 Å². The molecular formula is C22H20N2O6S2. The molecule has 1 aliphatic heterocycles. The third-order valence-electron chi connectivity index (χ3n) is 5.24. The van der Waals surface area contributed by atoms with E-state index in [1.165, 1.54) is 47.6 Å². The molecule has 2 aromatic carbocycles. The third-order valence-corrected chi connectivity index (χ3v) is 7.79. The minimum Gasteiger partial charge on any atom is -0.508 e. The minimum absolute atomic E-state index is 0.0813. The monoisotopic (exact) mass is 472 g/mol. The zero-order valence-corrected chi connectivity index (χ0v) is 18.7. The van der Waals surface area contributed by atoms with Crippen molar-refractivity contribution in [1.82, 2.24) is 4.31 Å². The number of carbonyl (C=O) groups is 2. The number of hydrogen-bond donors (Lipinski definition) is 1. The van der Waals surface area contributed by atoms with Gasteiger partial charge in [0.25, 0.3) is 5.91 Å². The number of fused-ring (bicyclic) bond motifs is 1. The normalized spacial score (nSPS) is 16.8. The Hall–Kier alpha value is -3.21. The Kier molecular flexibility index (Phi) is 6.00. The first kappa shape index (κ1) is 22.0. The first-order chi connectivity index (χ1) is 15.3. The topological polar surface area (TPSA) is 104 Å². The molecule has 8 nitrogen and oxygen atoms in total. The maximum absolute atomic E-state index is 13.5. The van der Waals surface area contributed by atoms with Gasteiger partial charge in [0.2, 0.25) is 10.0 Å². The number of rotatable bonds is 4. The van der Waals surface area contributed by atoms with E-state index < -0.39 is 22.0 Å². The van der Waals surface area contributed by atoms with Gasteiger partial charge in [-0.2, -0.15) is 15.6 Å². The van der Waals surface area contributed by atoms with Crippen molar-refractivity contribution in [3.05, 3.63) is 76.5 Å². The van der Waals surface area contributed by atoms with Gasteiger partial charge in [-0.1, -0.05) is 18.2 Å². The summed E-state index contributed by atoms with van der Waals surface area (Å²) in [7, 11) is -2.99. The van der Waals surface area contributed by atoms with Crippen LogP contribution in [-0.2, 0) is 26.1 Å². The number of ether oxygens (including phenoxy) is 1. The second kappa shape index (κ2) is 8.73. The van der Waals surface area contributed by atoms with Crippen LogP contribution in [0.2, 0.25) is 0 Å². The van der Waals surface area contributed by atoms with Crippen LogP contribution < -0.4 is 4.90 Å². The van der Waals surface area contributed by atoms with Crippen molar-refractivity contribution in [2.75, 3.05) is 18.6 Å². The fourth-order valence-corrected chi connectivity index (χ4v) is 5.79. The molecule has 1 amide bonds. The second-order valence-corrected chi connectivity index (χ2v) is 9.81. The summed E-state index contributed by atoms with van der Waals surface area (Å²) in [5.41, 5.74) is 1.55. The number of anilines is 1. The molecule has 166 valence electrons. The lowest BCUT2D eigenvalue weighted by Gasteiger charge is -2.29. The highest BCUT2D eigenvalue weighted by Gasteiger charge is 2.42. The Bertz CT molecular complexity index is 1240. The maximum Gasteiger partial charge on any atom is 0.326 e. The molecule has 2 heterocycles. The number of esters is 1. The number of carbonyl (C=O) groups excluding carboxylic acids is 2. The summed E-state index contributed by atoms with van der Waals surface area (Å²) in [6.45, 7) is -0.345. The Morgan fingerprint density at radius 1 is 1.09 bits per heavy atom. The molecule has 0 spiro atoms. The van der Waals surface area contributed by atoms with Crippen molar-refractivity contribution in [2.45, 2.75) is 17.5 Å². The lowest BCUT2D eigenvalue weighted by atomic mass is 10.1. The van der Waals surface area contributed by atoms with Gasteiger partial charge in [-0.05, 0) is 47.3 Å². The summed E-state index contributed by atoms with van der Waals surface area (Å²) in [6.07, 6.45) is 0. The van der Waals surface area contributed by atoms with Crippen molar-refractivity contribution in [3.63, 3.8) is 0 Å².